The second-order valence-corrected chi connectivity index (χ2v) is 5.43. The smallest absolute Gasteiger partial charge is 0.303 e. The van der Waals surface area contributed by atoms with Gasteiger partial charge in [-0.3, -0.25) is 14.4 Å². The van der Waals surface area contributed by atoms with Gasteiger partial charge in [0.05, 0.1) is 6.61 Å². The zero-order valence-corrected chi connectivity index (χ0v) is 14.2. The monoisotopic (exact) mass is 352 g/mol. The molecule has 1 fully saturated rings. The van der Waals surface area contributed by atoms with E-state index >= 15 is 0 Å². The second-order valence-electron chi connectivity index (χ2n) is 5.43. The number of benzene rings is 1. The zero-order valence-electron chi connectivity index (χ0n) is 14.2. The summed E-state index contributed by atoms with van der Waals surface area (Å²) < 4.78 is 26.9. The van der Waals surface area contributed by atoms with Crippen molar-refractivity contribution >= 4 is 17.9 Å². The van der Waals surface area contributed by atoms with Gasteiger partial charge < -0.3 is 23.7 Å². The minimum atomic E-state index is -1.10. The third-order valence-electron chi connectivity index (χ3n) is 3.30. The van der Waals surface area contributed by atoms with E-state index in [-0.39, 0.29) is 6.61 Å². The highest BCUT2D eigenvalue weighted by atomic mass is 16.7. The largest absolute Gasteiger partial charge is 0.461 e. The topological polar surface area (TPSA) is 97.4 Å². The number of hydrogen-bond donors (Lipinski definition) is 0. The van der Waals surface area contributed by atoms with Crippen LogP contribution in [0.2, 0.25) is 0 Å². The first-order valence-electron chi connectivity index (χ1n) is 7.71. The van der Waals surface area contributed by atoms with Crippen LogP contribution in [0.5, 0.6) is 5.75 Å². The molecule has 136 valence electrons. The number of esters is 3. The van der Waals surface area contributed by atoms with Gasteiger partial charge in [0.25, 0.3) is 0 Å². The molecule has 0 N–H and O–H groups in total. The fourth-order valence-electron chi connectivity index (χ4n) is 2.44. The fourth-order valence-corrected chi connectivity index (χ4v) is 2.44. The molecule has 1 aliphatic rings. The average Bonchev–Trinajstić information content (AvgIpc) is 2.52. The average molecular weight is 352 g/mol. The van der Waals surface area contributed by atoms with Crippen molar-refractivity contribution in [3.8, 4) is 5.75 Å². The van der Waals surface area contributed by atoms with Crippen LogP contribution in [0, 0.1) is 0 Å². The Bertz CT molecular complexity index is 614. The molecule has 0 aromatic heterocycles. The van der Waals surface area contributed by atoms with Crippen LogP contribution in [-0.4, -0.2) is 49.1 Å². The van der Waals surface area contributed by atoms with Crippen molar-refractivity contribution in [1.29, 1.82) is 0 Å². The first-order chi connectivity index (χ1) is 11.9. The maximum absolute atomic E-state index is 11.5. The molecule has 4 unspecified atom stereocenters. The summed E-state index contributed by atoms with van der Waals surface area (Å²) in [6.07, 6.45) is -4.09. The summed E-state index contributed by atoms with van der Waals surface area (Å²) in [5.74, 6) is -1.32. The van der Waals surface area contributed by atoms with E-state index in [9.17, 15) is 14.4 Å². The third-order valence-corrected chi connectivity index (χ3v) is 3.30. The first-order valence-corrected chi connectivity index (χ1v) is 7.71. The highest BCUT2D eigenvalue weighted by molar-refractivity contribution is 5.68. The third kappa shape index (κ3) is 5.46. The van der Waals surface area contributed by atoms with Crippen LogP contribution in [-0.2, 0) is 33.3 Å². The number of hydrogen-bond acceptors (Lipinski definition) is 8. The lowest BCUT2D eigenvalue weighted by Gasteiger charge is -2.40. The maximum Gasteiger partial charge on any atom is 0.303 e. The Morgan fingerprint density at radius 3 is 2.00 bits per heavy atom. The summed E-state index contributed by atoms with van der Waals surface area (Å²) in [6, 6.07) is 8.76. The molecule has 25 heavy (non-hydrogen) atoms. The molecule has 8 heteroatoms. The molecule has 0 saturated carbocycles. The van der Waals surface area contributed by atoms with Crippen molar-refractivity contribution in [2.75, 3.05) is 6.61 Å². The summed E-state index contributed by atoms with van der Waals surface area (Å²) >= 11 is 0. The van der Waals surface area contributed by atoms with Crippen molar-refractivity contribution in [3.63, 3.8) is 0 Å². The summed E-state index contributed by atoms with van der Waals surface area (Å²) in [6.45, 7) is 3.56. The second kappa shape index (κ2) is 8.48. The fraction of sp³-hybridized carbons (Fsp3) is 0.471. The number of ether oxygens (including phenoxy) is 5. The van der Waals surface area contributed by atoms with Gasteiger partial charge in [0.15, 0.2) is 12.2 Å². The molecule has 4 atom stereocenters. The molecule has 2 rings (SSSR count). The molecule has 0 radical (unpaired) electrons. The van der Waals surface area contributed by atoms with Crippen LogP contribution in [0.1, 0.15) is 20.8 Å². The number of para-hydroxylation sites is 1. The van der Waals surface area contributed by atoms with Crippen molar-refractivity contribution < 1.29 is 38.1 Å². The van der Waals surface area contributed by atoms with E-state index in [1.165, 1.54) is 20.8 Å². The standard InChI is InChI=1S/C17H20O8/c1-10(18)22-14-9-21-17(25-13-7-5-4-6-8-13)16(24-12(3)20)15(14)23-11(2)19/h4-8,14-17H,9H2,1-3H3. The van der Waals surface area contributed by atoms with Crippen LogP contribution in [0.25, 0.3) is 0 Å². The van der Waals surface area contributed by atoms with E-state index in [1.54, 1.807) is 24.3 Å². The number of carbonyl (C=O) groups is 3. The van der Waals surface area contributed by atoms with E-state index in [4.69, 9.17) is 23.7 Å². The predicted molar refractivity (Wildman–Crippen MR) is 83.5 cm³/mol. The zero-order chi connectivity index (χ0) is 18.4. The summed E-state index contributed by atoms with van der Waals surface area (Å²) in [5, 5.41) is 0. The first kappa shape index (κ1) is 18.7. The van der Waals surface area contributed by atoms with Crippen molar-refractivity contribution in [3.05, 3.63) is 30.3 Å². The van der Waals surface area contributed by atoms with Gasteiger partial charge >= 0.3 is 17.9 Å². The Labute approximate surface area is 144 Å². The molecule has 1 aromatic rings. The Hall–Kier alpha value is -2.61. The van der Waals surface area contributed by atoms with Crippen molar-refractivity contribution in [1.82, 2.24) is 0 Å². The van der Waals surface area contributed by atoms with Gasteiger partial charge in [-0.15, -0.1) is 0 Å². The SMILES string of the molecule is CC(=O)OC1COC(Oc2ccccc2)C(OC(C)=O)C1OC(C)=O. The number of rotatable bonds is 5. The molecule has 0 amide bonds. The Kier molecular flexibility index (Phi) is 6.35. The predicted octanol–water partition coefficient (Wildman–Crippen LogP) is 1.22. The molecule has 1 aromatic carbocycles. The highest BCUT2D eigenvalue weighted by Crippen LogP contribution is 2.26. The molecule has 1 saturated heterocycles. The van der Waals surface area contributed by atoms with Crippen LogP contribution in [0.3, 0.4) is 0 Å². The minimum absolute atomic E-state index is 0.0766. The molecule has 1 heterocycles. The molecular formula is C17H20O8. The highest BCUT2D eigenvalue weighted by Gasteiger charge is 2.48. The van der Waals surface area contributed by atoms with Gasteiger partial charge in [0.1, 0.15) is 5.75 Å². The minimum Gasteiger partial charge on any atom is -0.461 e. The van der Waals surface area contributed by atoms with Gasteiger partial charge in [-0.25, -0.2) is 0 Å². The summed E-state index contributed by atoms with van der Waals surface area (Å²) in [4.78, 5) is 34.2. The normalized spacial score (nSPS) is 25.6. The van der Waals surface area contributed by atoms with Gasteiger partial charge in [0.2, 0.25) is 12.4 Å². The van der Waals surface area contributed by atoms with E-state index < -0.39 is 42.5 Å². The molecular weight excluding hydrogens is 332 g/mol. The van der Waals surface area contributed by atoms with E-state index in [1.807, 2.05) is 6.07 Å². The van der Waals surface area contributed by atoms with Crippen molar-refractivity contribution in [2.45, 2.75) is 45.4 Å². The van der Waals surface area contributed by atoms with Crippen LogP contribution < -0.4 is 4.74 Å². The lowest BCUT2D eigenvalue weighted by molar-refractivity contribution is -0.259. The Balaban J connectivity index is 2.25. The Morgan fingerprint density at radius 2 is 1.44 bits per heavy atom. The van der Waals surface area contributed by atoms with Crippen LogP contribution in [0.15, 0.2) is 30.3 Å². The summed E-state index contributed by atoms with van der Waals surface area (Å²) in [5.41, 5.74) is 0. The van der Waals surface area contributed by atoms with E-state index in [2.05, 4.69) is 0 Å². The molecule has 0 spiro atoms. The molecule has 0 bridgehead atoms. The molecule has 0 aliphatic carbocycles. The van der Waals surface area contributed by atoms with E-state index in [0.717, 1.165) is 0 Å². The van der Waals surface area contributed by atoms with E-state index in [0.29, 0.717) is 5.75 Å². The van der Waals surface area contributed by atoms with Gasteiger partial charge in [-0.1, -0.05) is 18.2 Å². The quantitative estimate of drug-likeness (QED) is 0.576. The molecule has 1 aliphatic heterocycles. The lowest BCUT2D eigenvalue weighted by Crippen LogP contribution is -2.59. The summed E-state index contributed by atoms with van der Waals surface area (Å²) in [7, 11) is 0. The van der Waals surface area contributed by atoms with Crippen LogP contribution >= 0.6 is 0 Å². The number of carbonyl (C=O) groups excluding carboxylic acids is 3. The van der Waals surface area contributed by atoms with Gasteiger partial charge in [-0.2, -0.15) is 0 Å². The van der Waals surface area contributed by atoms with Crippen LogP contribution in [0.4, 0.5) is 0 Å². The van der Waals surface area contributed by atoms with Gasteiger partial charge in [0, 0.05) is 20.8 Å². The lowest BCUT2D eigenvalue weighted by atomic mass is 10.0. The van der Waals surface area contributed by atoms with Gasteiger partial charge in [-0.05, 0) is 12.1 Å². The maximum atomic E-state index is 11.5. The molecule has 8 nitrogen and oxygen atoms in total. The Morgan fingerprint density at radius 1 is 0.880 bits per heavy atom. The van der Waals surface area contributed by atoms with Crippen molar-refractivity contribution in [2.24, 2.45) is 0 Å².